The van der Waals surface area contributed by atoms with Crippen LogP contribution in [0.1, 0.15) is 32.0 Å². The van der Waals surface area contributed by atoms with Crippen molar-refractivity contribution in [2.45, 2.75) is 38.6 Å². The van der Waals surface area contributed by atoms with Crippen LogP contribution in [0.4, 0.5) is 16.2 Å². The lowest BCUT2D eigenvalue weighted by molar-refractivity contribution is -0.782. The number of aromatic amines is 1. The predicted octanol–water partition coefficient (Wildman–Crippen LogP) is 4.09. The van der Waals surface area contributed by atoms with Gasteiger partial charge in [-0.25, -0.2) is 14.6 Å². The van der Waals surface area contributed by atoms with Crippen molar-refractivity contribution >= 4 is 34.3 Å². The largest absolute Gasteiger partial charge is 0.428 e. The van der Waals surface area contributed by atoms with Gasteiger partial charge in [-0.05, 0) is 31.2 Å². The van der Waals surface area contributed by atoms with Crippen LogP contribution in [0.25, 0.3) is 11.0 Å². The number of para-hydroxylation sites is 4. The molecule has 5 rings (SSSR count). The summed E-state index contributed by atoms with van der Waals surface area (Å²) in [6, 6.07) is 15.4. The van der Waals surface area contributed by atoms with Crippen LogP contribution in [0.2, 0.25) is 0 Å². The Hall–Kier alpha value is -3.23. The van der Waals surface area contributed by atoms with Gasteiger partial charge < -0.3 is 14.6 Å². The molecule has 0 radical (unpaired) electrons. The molecule has 2 aliphatic heterocycles. The van der Waals surface area contributed by atoms with Gasteiger partial charge in [-0.3, -0.25) is 5.32 Å². The van der Waals surface area contributed by atoms with Crippen molar-refractivity contribution in [3.8, 4) is 0 Å². The van der Waals surface area contributed by atoms with E-state index in [0.29, 0.717) is 26.2 Å². The first-order valence-corrected chi connectivity index (χ1v) is 12.2. The normalized spacial score (nSPS) is 22.7. The van der Waals surface area contributed by atoms with E-state index in [1.165, 1.54) is 0 Å². The molecular formula is C26H32N5O3+. The second-order valence-corrected chi connectivity index (χ2v) is 9.22. The number of benzene rings is 2. The van der Waals surface area contributed by atoms with Crippen LogP contribution in [-0.4, -0.2) is 65.3 Å². The number of rotatable bonds is 5. The van der Waals surface area contributed by atoms with E-state index >= 15 is 0 Å². The number of ether oxygens (including phenoxy) is 1. The Bertz CT molecular complexity index is 1150. The highest BCUT2D eigenvalue weighted by atomic mass is 16.5. The highest BCUT2D eigenvalue weighted by molar-refractivity contribution is 5.95. The molecule has 0 saturated carbocycles. The Morgan fingerprint density at radius 1 is 1.15 bits per heavy atom. The first-order valence-electron chi connectivity index (χ1n) is 12.2. The number of fused-ring (bicyclic) bond motifs is 1. The minimum Gasteiger partial charge on any atom is -0.378 e. The molecule has 2 atom stereocenters. The molecule has 8 heteroatoms. The molecule has 3 heterocycles. The second kappa shape index (κ2) is 9.56. The van der Waals surface area contributed by atoms with E-state index in [1.54, 1.807) is 0 Å². The van der Waals surface area contributed by atoms with Crippen LogP contribution in [0.15, 0.2) is 48.5 Å². The van der Waals surface area contributed by atoms with E-state index in [-0.39, 0.29) is 28.9 Å². The molecule has 3 amide bonds. The number of aryl methyl sites for hydroxylation is 1. The molecule has 2 saturated heterocycles. The van der Waals surface area contributed by atoms with Gasteiger partial charge in [0, 0.05) is 32.4 Å². The number of hydrogen-bond acceptors (Lipinski definition) is 5. The summed E-state index contributed by atoms with van der Waals surface area (Å²) in [5.41, 5.74) is 3.57. The van der Waals surface area contributed by atoms with Crippen molar-refractivity contribution in [3.05, 3.63) is 54.4 Å². The fourth-order valence-electron chi connectivity index (χ4n) is 5.29. The van der Waals surface area contributed by atoms with Crippen molar-refractivity contribution < 1.29 is 18.8 Å². The first kappa shape index (κ1) is 22.6. The van der Waals surface area contributed by atoms with Crippen LogP contribution in [0, 0.1) is 0 Å². The standard InChI is InChI=1S/C26H31N5O3/c1-19-7-6-16-31(19,25(32)13-12-24-27-20-8-2-3-9-21(20)28-24)26(33)29-22-10-4-5-11-23(22)30-14-17-34-18-15-30/h2-5,8-11,19H,6-7,12-18H2,1H3,(H-,27,28,29,33)/p+1/t19-,31?/m1/s1. The summed E-state index contributed by atoms with van der Waals surface area (Å²) in [6.45, 7) is 5.43. The number of carbonyl (C=O) groups excluding carboxylic acids is 2. The summed E-state index contributed by atoms with van der Waals surface area (Å²) < 4.78 is 5.33. The number of likely N-dealkylation sites (tertiary alicyclic amines) is 1. The molecule has 2 aromatic carbocycles. The summed E-state index contributed by atoms with van der Waals surface area (Å²) >= 11 is 0. The second-order valence-electron chi connectivity index (χ2n) is 9.22. The van der Waals surface area contributed by atoms with Crippen molar-refractivity contribution in [1.82, 2.24) is 9.97 Å². The highest BCUT2D eigenvalue weighted by Gasteiger charge is 2.52. The maximum absolute atomic E-state index is 13.7. The molecule has 2 aliphatic rings. The van der Waals surface area contributed by atoms with E-state index in [2.05, 4.69) is 20.2 Å². The van der Waals surface area contributed by atoms with E-state index in [1.807, 2.05) is 55.5 Å². The summed E-state index contributed by atoms with van der Waals surface area (Å²) in [5.74, 6) is 0.726. The Morgan fingerprint density at radius 3 is 2.68 bits per heavy atom. The Labute approximate surface area is 199 Å². The van der Waals surface area contributed by atoms with Crippen molar-refractivity contribution in [2.75, 3.05) is 43.1 Å². The number of urea groups is 1. The molecule has 1 aromatic heterocycles. The highest BCUT2D eigenvalue weighted by Crippen LogP contribution is 2.33. The van der Waals surface area contributed by atoms with Gasteiger partial charge in [0.15, 0.2) is 0 Å². The number of hydrogen-bond donors (Lipinski definition) is 2. The van der Waals surface area contributed by atoms with Gasteiger partial charge in [-0.1, -0.05) is 24.3 Å². The van der Waals surface area contributed by atoms with Gasteiger partial charge >= 0.3 is 11.9 Å². The smallest absolute Gasteiger partial charge is 0.378 e. The lowest BCUT2D eigenvalue weighted by atomic mass is 10.1. The quantitative estimate of drug-likeness (QED) is 0.558. The number of imide groups is 1. The number of aromatic nitrogens is 2. The SMILES string of the molecule is C[C@@H]1CCC[N+]1(C(=O)CCc1nc2ccccc2[nH]1)C(=O)Nc1ccccc1N1CCOCC1. The number of imidazole rings is 1. The molecule has 0 spiro atoms. The lowest BCUT2D eigenvalue weighted by Gasteiger charge is -2.34. The lowest BCUT2D eigenvalue weighted by Crippen LogP contribution is -2.60. The maximum Gasteiger partial charge on any atom is 0.428 e. The van der Waals surface area contributed by atoms with Crippen LogP contribution in [-0.2, 0) is 16.0 Å². The number of nitrogens with zero attached hydrogens (tertiary/aromatic N) is 3. The fraction of sp³-hybridized carbons (Fsp3) is 0.423. The third-order valence-corrected chi connectivity index (χ3v) is 7.20. The molecule has 2 fully saturated rings. The van der Waals surface area contributed by atoms with Gasteiger partial charge in [-0.15, -0.1) is 0 Å². The predicted molar refractivity (Wildman–Crippen MR) is 132 cm³/mol. The number of amides is 3. The molecule has 3 aromatic rings. The van der Waals surface area contributed by atoms with Crippen LogP contribution in [0.3, 0.4) is 0 Å². The Morgan fingerprint density at radius 2 is 1.91 bits per heavy atom. The van der Waals surface area contributed by atoms with Gasteiger partial charge in [0.1, 0.15) is 11.9 Å². The zero-order valence-corrected chi connectivity index (χ0v) is 19.6. The summed E-state index contributed by atoms with van der Waals surface area (Å²) in [7, 11) is 0. The third kappa shape index (κ3) is 4.19. The van der Waals surface area contributed by atoms with E-state index in [0.717, 1.165) is 54.2 Å². The van der Waals surface area contributed by atoms with Crippen molar-refractivity contribution in [1.29, 1.82) is 0 Å². The molecule has 0 aliphatic carbocycles. The van der Waals surface area contributed by atoms with E-state index in [4.69, 9.17) is 4.74 Å². The topological polar surface area (TPSA) is 87.3 Å². The first-order chi connectivity index (χ1) is 16.6. The average molecular weight is 463 g/mol. The van der Waals surface area contributed by atoms with Crippen molar-refractivity contribution in [3.63, 3.8) is 0 Å². The molecular weight excluding hydrogens is 430 g/mol. The number of anilines is 2. The van der Waals surface area contributed by atoms with Gasteiger partial charge in [0.05, 0.1) is 48.6 Å². The minimum atomic E-state index is -0.236. The van der Waals surface area contributed by atoms with E-state index < -0.39 is 0 Å². The number of morpholine rings is 1. The average Bonchev–Trinajstić information content (AvgIpc) is 3.47. The maximum atomic E-state index is 13.7. The third-order valence-electron chi connectivity index (χ3n) is 7.20. The van der Waals surface area contributed by atoms with Crippen molar-refractivity contribution in [2.24, 2.45) is 0 Å². The van der Waals surface area contributed by atoms with Crippen LogP contribution < -0.4 is 10.2 Å². The molecule has 0 bridgehead atoms. The summed E-state index contributed by atoms with van der Waals surface area (Å²) in [5, 5.41) is 3.13. The van der Waals surface area contributed by atoms with Gasteiger partial charge in [-0.2, -0.15) is 4.48 Å². The summed E-state index contributed by atoms with van der Waals surface area (Å²) in [6.07, 6.45) is 2.46. The number of nitrogens with one attached hydrogen (secondary N) is 2. The Balaban J connectivity index is 1.35. The van der Waals surface area contributed by atoms with Gasteiger partial charge in [0.2, 0.25) is 0 Å². The molecule has 2 N–H and O–H groups in total. The zero-order valence-electron chi connectivity index (χ0n) is 19.6. The number of carbonyl (C=O) groups is 2. The summed E-state index contributed by atoms with van der Waals surface area (Å²) in [4.78, 5) is 37.5. The Kier molecular flexibility index (Phi) is 6.34. The van der Waals surface area contributed by atoms with Crippen LogP contribution >= 0.6 is 0 Å². The fourth-order valence-corrected chi connectivity index (χ4v) is 5.29. The number of H-pyrrole nitrogens is 1. The zero-order chi connectivity index (χ0) is 23.5. The monoisotopic (exact) mass is 462 g/mol. The molecule has 34 heavy (non-hydrogen) atoms. The molecule has 178 valence electrons. The van der Waals surface area contributed by atoms with Crippen LogP contribution in [0.5, 0.6) is 0 Å². The molecule has 1 unspecified atom stereocenters. The van der Waals surface area contributed by atoms with E-state index in [9.17, 15) is 9.59 Å². The minimum absolute atomic E-state index is 0.0493. The molecule has 8 nitrogen and oxygen atoms in total. The number of quaternary nitrogens is 1. The van der Waals surface area contributed by atoms with Gasteiger partial charge in [0.25, 0.3) is 0 Å².